The fraction of sp³-hybridized carbons (Fsp3) is 0.333. The highest BCUT2D eigenvalue weighted by molar-refractivity contribution is 6.64. The summed E-state index contributed by atoms with van der Waals surface area (Å²) in [5, 5.41) is 9.20. The van der Waals surface area contributed by atoms with Gasteiger partial charge in [-0.2, -0.15) is 0 Å². The lowest BCUT2D eigenvalue weighted by molar-refractivity contribution is 0.340. The predicted octanol–water partition coefficient (Wildman–Crippen LogP) is 1.04. The van der Waals surface area contributed by atoms with Crippen molar-refractivity contribution in [3.05, 3.63) is 24.0 Å². The van der Waals surface area contributed by atoms with Crippen molar-refractivity contribution < 1.29 is 14.2 Å². The molecule has 13 heavy (non-hydrogen) atoms. The molecule has 4 heteroatoms. The Morgan fingerprint density at radius 1 is 1.54 bits per heavy atom. The van der Waals surface area contributed by atoms with Crippen LogP contribution < -0.4 is 10.2 Å². The van der Waals surface area contributed by atoms with Gasteiger partial charge in [0.2, 0.25) is 0 Å². The van der Waals surface area contributed by atoms with Crippen LogP contribution in [0.3, 0.4) is 0 Å². The van der Waals surface area contributed by atoms with Crippen LogP contribution in [0.1, 0.15) is 6.92 Å². The first-order valence-corrected chi connectivity index (χ1v) is 4.25. The Bertz CT molecular complexity index is 289. The van der Waals surface area contributed by atoms with E-state index in [2.05, 4.69) is 0 Å². The van der Waals surface area contributed by atoms with Gasteiger partial charge in [-0.25, -0.2) is 4.39 Å². The molecule has 0 saturated heterocycles. The highest BCUT2D eigenvalue weighted by Gasteiger charge is 2.13. The largest absolute Gasteiger partial charge is 0.494 e. The molecule has 0 aromatic heterocycles. The fourth-order valence-corrected chi connectivity index (χ4v) is 1.10. The van der Waals surface area contributed by atoms with Gasteiger partial charge in [0.05, 0.1) is 6.61 Å². The van der Waals surface area contributed by atoms with E-state index in [1.54, 1.807) is 6.07 Å². The molecule has 0 unspecified atom stereocenters. The van der Waals surface area contributed by atoms with Gasteiger partial charge in [-0.3, -0.25) is 0 Å². The smallest absolute Gasteiger partial charge is 0.323 e. The van der Waals surface area contributed by atoms with Gasteiger partial charge < -0.3 is 9.76 Å². The Balaban J connectivity index is 2.97. The highest BCUT2D eigenvalue weighted by atomic mass is 19.1. The molecule has 0 aliphatic heterocycles. The molecule has 0 amide bonds. The van der Waals surface area contributed by atoms with Gasteiger partial charge in [0.25, 0.3) is 0 Å². The van der Waals surface area contributed by atoms with Gasteiger partial charge in [-0.1, -0.05) is 6.82 Å². The van der Waals surface area contributed by atoms with Crippen LogP contribution in [-0.4, -0.2) is 18.5 Å². The second-order valence-corrected chi connectivity index (χ2v) is 2.79. The molecule has 1 rings (SSSR count). The third-order valence-electron chi connectivity index (χ3n) is 1.73. The number of benzene rings is 1. The topological polar surface area (TPSA) is 29.5 Å². The van der Waals surface area contributed by atoms with Crippen molar-refractivity contribution in [1.29, 1.82) is 0 Å². The first-order valence-electron chi connectivity index (χ1n) is 4.25. The van der Waals surface area contributed by atoms with Crippen LogP contribution in [0, 0.1) is 5.82 Å². The summed E-state index contributed by atoms with van der Waals surface area (Å²) in [6.07, 6.45) is 0. The van der Waals surface area contributed by atoms with Crippen molar-refractivity contribution in [2.75, 3.05) is 6.61 Å². The third-order valence-corrected chi connectivity index (χ3v) is 1.73. The lowest BCUT2D eigenvalue weighted by atomic mass is 9.64. The molecule has 0 saturated carbocycles. The minimum atomic E-state index is -0.805. The maximum atomic E-state index is 13.0. The van der Waals surface area contributed by atoms with Gasteiger partial charge in [0, 0.05) is 0 Å². The van der Waals surface area contributed by atoms with Crippen LogP contribution in [-0.2, 0) is 0 Å². The molecule has 0 atom stereocenters. The van der Waals surface area contributed by atoms with E-state index in [4.69, 9.17) is 4.74 Å². The van der Waals surface area contributed by atoms with Crippen LogP contribution in [0.2, 0.25) is 6.82 Å². The van der Waals surface area contributed by atoms with E-state index in [1.807, 2.05) is 6.92 Å². The third kappa shape index (κ3) is 2.46. The summed E-state index contributed by atoms with van der Waals surface area (Å²) >= 11 is 0. The lowest BCUT2D eigenvalue weighted by Gasteiger charge is -2.07. The average Bonchev–Trinajstić information content (AvgIpc) is 2.08. The zero-order valence-electron chi connectivity index (χ0n) is 7.75. The molecular formula is C9H12BFO2. The highest BCUT2D eigenvalue weighted by Crippen LogP contribution is 2.09. The van der Waals surface area contributed by atoms with Gasteiger partial charge in [0.1, 0.15) is 11.6 Å². The van der Waals surface area contributed by atoms with Crippen LogP contribution in [0.5, 0.6) is 5.75 Å². The molecule has 1 aromatic rings. The maximum absolute atomic E-state index is 13.0. The molecule has 1 aromatic carbocycles. The number of rotatable bonds is 3. The summed E-state index contributed by atoms with van der Waals surface area (Å²) in [6.45, 7) is 3.10. The second-order valence-electron chi connectivity index (χ2n) is 2.79. The van der Waals surface area contributed by atoms with Crippen molar-refractivity contribution in [2.24, 2.45) is 0 Å². The molecule has 0 fully saturated rings. The molecule has 1 N–H and O–H groups in total. The quantitative estimate of drug-likeness (QED) is 0.707. The zero-order chi connectivity index (χ0) is 9.84. The van der Waals surface area contributed by atoms with Crippen LogP contribution in [0.25, 0.3) is 0 Å². The molecule has 0 spiro atoms. The van der Waals surface area contributed by atoms with Crippen molar-refractivity contribution >= 4 is 12.4 Å². The van der Waals surface area contributed by atoms with Crippen molar-refractivity contribution in [3.63, 3.8) is 0 Å². The summed E-state index contributed by atoms with van der Waals surface area (Å²) in [4.78, 5) is 0. The Morgan fingerprint density at radius 3 is 2.77 bits per heavy atom. The summed E-state index contributed by atoms with van der Waals surface area (Å²) < 4.78 is 18.2. The van der Waals surface area contributed by atoms with E-state index in [0.29, 0.717) is 12.4 Å². The average molecular weight is 182 g/mol. The lowest BCUT2D eigenvalue weighted by Crippen LogP contribution is -2.29. The second kappa shape index (κ2) is 4.28. The van der Waals surface area contributed by atoms with E-state index in [-0.39, 0.29) is 5.46 Å². The molecule has 0 heterocycles. The van der Waals surface area contributed by atoms with Crippen molar-refractivity contribution in [2.45, 2.75) is 13.7 Å². The van der Waals surface area contributed by atoms with Gasteiger partial charge in [0.15, 0.2) is 0 Å². The van der Waals surface area contributed by atoms with Gasteiger partial charge in [-0.15, -0.1) is 0 Å². The first kappa shape index (κ1) is 10.1. The molecular weight excluding hydrogens is 170 g/mol. The number of hydrogen-bond donors (Lipinski definition) is 1. The number of ether oxygens (including phenoxy) is 1. The molecule has 2 nitrogen and oxygen atoms in total. The van der Waals surface area contributed by atoms with Crippen LogP contribution in [0.4, 0.5) is 4.39 Å². The number of hydrogen-bond acceptors (Lipinski definition) is 2. The minimum Gasteiger partial charge on any atom is -0.494 e. The summed E-state index contributed by atoms with van der Waals surface area (Å²) in [5.74, 6) is 0.179. The SMILES string of the molecule is CCOc1ccc(F)c(B(C)O)c1. The Morgan fingerprint density at radius 2 is 2.23 bits per heavy atom. The van der Waals surface area contributed by atoms with Crippen LogP contribution in [0.15, 0.2) is 18.2 Å². The van der Waals surface area contributed by atoms with Crippen molar-refractivity contribution in [3.8, 4) is 5.75 Å². The normalized spacial score (nSPS) is 9.85. The van der Waals surface area contributed by atoms with E-state index in [0.717, 1.165) is 0 Å². The standard InChI is InChI=1S/C9H12BFO2/c1-3-13-7-4-5-9(11)8(6-7)10(2)12/h4-6,12H,3H2,1-2H3. The summed E-state index contributed by atoms with van der Waals surface area (Å²) in [7, 11) is 0. The van der Waals surface area contributed by atoms with E-state index in [1.165, 1.54) is 19.0 Å². The summed E-state index contributed by atoms with van der Waals surface area (Å²) in [5.41, 5.74) is 0.269. The maximum Gasteiger partial charge on any atom is 0.323 e. The molecule has 70 valence electrons. The number of halogens is 1. The first-order chi connectivity index (χ1) is 6.15. The van der Waals surface area contributed by atoms with Gasteiger partial charge >= 0.3 is 6.92 Å². The Labute approximate surface area is 77.5 Å². The fourth-order valence-electron chi connectivity index (χ4n) is 1.10. The van der Waals surface area contributed by atoms with Crippen LogP contribution >= 0.6 is 0 Å². The molecule has 0 aliphatic rings. The zero-order valence-corrected chi connectivity index (χ0v) is 7.75. The predicted molar refractivity (Wildman–Crippen MR) is 51.0 cm³/mol. The Hall–Kier alpha value is -1.03. The summed E-state index contributed by atoms with van der Waals surface area (Å²) in [6, 6.07) is 4.36. The molecule has 0 radical (unpaired) electrons. The van der Waals surface area contributed by atoms with E-state index < -0.39 is 12.7 Å². The minimum absolute atomic E-state index is 0.269. The van der Waals surface area contributed by atoms with E-state index >= 15 is 0 Å². The van der Waals surface area contributed by atoms with Crippen molar-refractivity contribution in [1.82, 2.24) is 0 Å². The molecule has 0 bridgehead atoms. The molecule has 0 aliphatic carbocycles. The Kier molecular flexibility index (Phi) is 3.31. The monoisotopic (exact) mass is 182 g/mol. The van der Waals surface area contributed by atoms with Gasteiger partial charge in [-0.05, 0) is 30.6 Å². The van der Waals surface area contributed by atoms with E-state index in [9.17, 15) is 9.41 Å².